The van der Waals surface area contributed by atoms with Crippen molar-refractivity contribution in [2.75, 3.05) is 0 Å². The first-order chi connectivity index (χ1) is 24.7. The second-order valence-electron chi connectivity index (χ2n) is 13.0. The van der Waals surface area contributed by atoms with Crippen molar-refractivity contribution in [2.45, 2.75) is 25.2 Å². The zero-order valence-corrected chi connectivity index (χ0v) is 27.1. The molecule has 5 nitrogen and oxygen atoms in total. The molecule has 0 fully saturated rings. The van der Waals surface area contributed by atoms with E-state index in [4.69, 9.17) is 0 Å². The molecule has 7 aromatic rings. The Morgan fingerprint density at radius 2 is 1.42 bits per heavy atom. The van der Waals surface area contributed by atoms with Crippen molar-refractivity contribution >= 4 is 44.4 Å². The largest absolute Gasteiger partial charge is 0.310 e. The van der Waals surface area contributed by atoms with Gasteiger partial charge in [0.05, 0.1) is 51.1 Å². The van der Waals surface area contributed by atoms with Crippen molar-refractivity contribution in [3.05, 3.63) is 167 Å². The summed E-state index contributed by atoms with van der Waals surface area (Å²) in [5.74, 6) is -0.0579. The summed E-state index contributed by atoms with van der Waals surface area (Å²) in [6.07, 6.45) is 14.0. The first-order valence-electron chi connectivity index (χ1n) is 16.9. The van der Waals surface area contributed by atoms with Gasteiger partial charge in [-0.3, -0.25) is 0 Å². The fourth-order valence-electron chi connectivity index (χ4n) is 7.98. The highest BCUT2D eigenvalue weighted by molar-refractivity contribution is 6.10. The molecule has 0 amide bonds. The summed E-state index contributed by atoms with van der Waals surface area (Å²) in [5.41, 5.74) is 12.3. The van der Waals surface area contributed by atoms with E-state index in [2.05, 4.69) is 112 Å². The molecule has 9 rings (SSSR count). The van der Waals surface area contributed by atoms with Crippen LogP contribution in [0.2, 0.25) is 0 Å². The van der Waals surface area contributed by atoms with Gasteiger partial charge in [-0.05, 0) is 102 Å². The molecule has 2 aromatic heterocycles. The van der Waals surface area contributed by atoms with Crippen molar-refractivity contribution in [2.24, 2.45) is 0 Å². The maximum Gasteiger partial charge on any atom is 0.101 e. The fraction of sp³-hybridized carbons (Fsp3) is 0.0889. The number of fused-ring (bicyclic) bond motifs is 6. The van der Waals surface area contributed by atoms with Crippen LogP contribution in [-0.4, -0.2) is 9.13 Å². The zero-order chi connectivity index (χ0) is 33.8. The summed E-state index contributed by atoms with van der Waals surface area (Å²) in [5, 5.41) is 33.4. The van der Waals surface area contributed by atoms with Crippen LogP contribution in [0.5, 0.6) is 0 Å². The van der Waals surface area contributed by atoms with Crippen molar-refractivity contribution in [3.63, 3.8) is 0 Å². The molecule has 234 valence electrons. The number of rotatable bonds is 4. The van der Waals surface area contributed by atoms with E-state index in [1.807, 2.05) is 42.5 Å². The smallest absolute Gasteiger partial charge is 0.101 e. The average molecular weight is 640 g/mol. The molecule has 0 saturated heterocycles. The Balaban J connectivity index is 1.14. The number of aryl methyl sites for hydroxylation is 1. The third kappa shape index (κ3) is 4.51. The van der Waals surface area contributed by atoms with E-state index in [1.165, 1.54) is 22.2 Å². The van der Waals surface area contributed by atoms with Crippen LogP contribution in [0.1, 0.15) is 57.8 Å². The van der Waals surface area contributed by atoms with Crippen molar-refractivity contribution in [1.29, 1.82) is 15.8 Å². The molecule has 0 bridgehead atoms. The number of allylic oxidation sites excluding steroid dienone is 5. The Kier molecular flexibility index (Phi) is 6.84. The van der Waals surface area contributed by atoms with Crippen LogP contribution >= 0.6 is 0 Å². The minimum Gasteiger partial charge on any atom is -0.310 e. The van der Waals surface area contributed by atoms with Crippen LogP contribution in [0.15, 0.2) is 127 Å². The summed E-state index contributed by atoms with van der Waals surface area (Å²) < 4.78 is 4.52. The molecule has 0 N–H and O–H groups in total. The number of hydrogen-bond donors (Lipinski definition) is 0. The molecule has 1 atom stereocenters. The fourth-order valence-corrected chi connectivity index (χ4v) is 7.98. The van der Waals surface area contributed by atoms with Gasteiger partial charge in [-0.15, -0.1) is 0 Å². The van der Waals surface area contributed by atoms with Gasteiger partial charge in [-0.25, -0.2) is 0 Å². The van der Waals surface area contributed by atoms with Crippen molar-refractivity contribution in [1.82, 2.24) is 9.13 Å². The van der Waals surface area contributed by atoms with Gasteiger partial charge in [0.2, 0.25) is 0 Å². The predicted molar refractivity (Wildman–Crippen MR) is 200 cm³/mol. The summed E-state index contributed by atoms with van der Waals surface area (Å²) in [7, 11) is 0. The van der Waals surface area contributed by atoms with Gasteiger partial charge in [0.15, 0.2) is 0 Å². The van der Waals surface area contributed by atoms with E-state index < -0.39 is 0 Å². The van der Waals surface area contributed by atoms with Crippen LogP contribution in [0.25, 0.3) is 55.7 Å². The second-order valence-corrected chi connectivity index (χ2v) is 13.0. The first-order valence-corrected chi connectivity index (χ1v) is 16.9. The molecule has 0 radical (unpaired) electrons. The molecule has 2 aliphatic carbocycles. The van der Waals surface area contributed by atoms with Crippen LogP contribution in [0, 0.1) is 34.0 Å². The van der Waals surface area contributed by atoms with E-state index in [0.717, 1.165) is 62.7 Å². The van der Waals surface area contributed by atoms with Crippen LogP contribution in [-0.2, 0) is 6.42 Å². The lowest BCUT2D eigenvalue weighted by molar-refractivity contribution is 0.844. The SMILES string of the molecule is N#Cc1cc(C#N)c(-n2c3ccccc3c3cc(C#N)ccc32)c(C2C=CC(c3cccc(-n4c5c(c6ccccc64)CCC=C5)c3)=CC2)c1. The normalized spacial score (nSPS) is 15.1. The summed E-state index contributed by atoms with van der Waals surface area (Å²) in [4.78, 5) is 0. The number of hydrogen-bond acceptors (Lipinski definition) is 3. The minimum atomic E-state index is -0.0579. The third-order valence-corrected chi connectivity index (χ3v) is 10.2. The zero-order valence-electron chi connectivity index (χ0n) is 27.1. The van der Waals surface area contributed by atoms with Gasteiger partial charge < -0.3 is 9.13 Å². The third-order valence-electron chi connectivity index (χ3n) is 10.2. The van der Waals surface area contributed by atoms with Gasteiger partial charge in [0.25, 0.3) is 0 Å². The van der Waals surface area contributed by atoms with Crippen LogP contribution in [0.4, 0.5) is 0 Å². The number of nitrogens with zero attached hydrogens (tertiary/aromatic N) is 5. The summed E-state index contributed by atoms with van der Waals surface area (Å²) >= 11 is 0. The first kappa shape index (κ1) is 29.3. The highest BCUT2D eigenvalue weighted by Gasteiger charge is 2.24. The lowest BCUT2D eigenvalue weighted by atomic mass is 9.85. The van der Waals surface area contributed by atoms with Crippen LogP contribution in [0.3, 0.4) is 0 Å². The Hall–Kier alpha value is -6.87. The van der Waals surface area contributed by atoms with Crippen LogP contribution < -0.4 is 0 Å². The molecule has 2 aliphatic rings. The van der Waals surface area contributed by atoms with E-state index >= 15 is 0 Å². The molecular weight excluding hydrogens is 611 g/mol. The Labute approximate surface area is 289 Å². The number of benzene rings is 5. The number of para-hydroxylation sites is 2. The Bertz CT molecular complexity index is 2780. The number of aromatic nitrogens is 2. The van der Waals surface area contributed by atoms with E-state index in [1.54, 1.807) is 6.07 Å². The summed E-state index contributed by atoms with van der Waals surface area (Å²) in [6, 6.07) is 41.8. The lowest BCUT2D eigenvalue weighted by Crippen LogP contribution is -2.09. The molecule has 0 saturated carbocycles. The van der Waals surface area contributed by atoms with Gasteiger partial charge in [-0.1, -0.05) is 72.8 Å². The highest BCUT2D eigenvalue weighted by Crippen LogP contribution is 2.41. The second kappa shape index (κ2) is 11.7. The Morgan fingerprint density at radius 3 is 2.20 bits per heavy atom. The van der Waals surface area contributed by atoms with Gasteiger partial charge in [0.1, 0.15) is 6.07 Å². The standard InChI is InChI=1S/C45H29N5/c46-26-29-16-21-44-40(23-29)38-12-3-6-15-43(38)50(44)45-34(28-48)22-30(27-47)24-39(45)32-19-17-31(18-20-32)33-8-7-9-35(25-33)49-41-13-4-1-10-36(41)37-11-2-5-14-42(37)49/h1,3-10,12-19,21-25,32H,2,11,20H2. The highest BCUT2D eigenvalue weighted by atomic mass is 15.0. The minimum absolute atomic E-state index is 0.0579. The monoisotopic (exact) mass is 639 g/mol. The predicted octanol–water partition coefficient (Wildman–Crippen LogP) is 10.4. The average Bonchev–Trinajstić information content (AvgIpc) is 3.70. The molecule has 1 unspecified atom stereocenters. The Morgan fingerprint density at radius 1 is 0.640 bits per heavy atom. The van der Waals surface area contributed by atoms with E-state index in [0.29, 0.717) is 23.1 Å². The molecule has 5 aromatic carbocycles. The number of nitriles is 3. The maximum atomic E-state index is 10.5. The quantitative estimate of drug-likeness (QED) is 0.192. The maximum absolute atomic E-state index is 10.5. The summed E-state index contributed by atoms with van der Waals surface area (Å²) in [6.45, 7) is 0. The molecule has 5 heteroatoms. The van der Waals surface area contributed by atoms with Crippen molar-refractivity contribution in [3.8, 4) is 29.6 Å². The van der Waals surface area contributed by atoms with E-state index in [9.17, 15) is 15.8 Å². The topological polar surface area (TPSA) is 81.2 Å². The molecule has 0 spiro atoms. The molecule has 2 heterocycles. The van der Waals surface area contributed by atoms with Gasteiger partial charge in [-0.2, -0.15) is 15.8 Å². The molecule has 0 aliphatic heterocycles. The molecular formula is C45H29N5. The lowest BCUT2D eigenvalue weighted by Gasteiger charge is -2.23. The van der Waals surface area contributed by atoms with Gasteiger partial charge in [0, 0.05) is 33.5 Å². The molecule has 50 heavy (non-hydrogen) atoms. The van der Waals surface area contributed by atoms with E-state index in [-0.39, 0.29) is 5.92 Å². The van der Waals surface area contributed by atoms with Crippen molar-refractivity contribution < 1.29 is 0 Å². The van der Waals surface area contributed by atoms with Gasteiger partial charge >= 0.3 is 0 Å².